The number of methoxy groups -OCH3 is 2. The third-order valence-electron chi connectivity index (χ3n) is 15.0. The fourth-order valence-electron chi connectivity index (χ4n) is 11.1. The van der Waals surface area contributed by atoms with Gasteiger partial charge in [-0.05, 0) is 141 Å². The summed E-state index contributed by atoms with van der Waals surface area (Å²) in [6.07, 6.45) is 5.99. The van der Waals surface area contributed by atoms with Crippen LogP contribution in [0.3, 0.4) is 0 Å². The van der Waals surface area contributed by atoms with Gasteiger partial charge < -0.3 is 49.5 Å². The summed E-state index contributed by atoms with van der Waals surface area (Å²) in [6.45, 7) is 11.3. The summed E-state index contributed by atoms with van der Waals surface area (Å²) in [4.78, 5) is 47.2. The van der Waals surface area contributed by atoms with Crippen LogP contribution in [-0.4, -0.2) is 119 Å². The quantitative estimate of drug-likeness (QED) is 0.0228. The van der Waals surface area contributed by atoms with E-state index in [1.54, 1.807) is 38.0 Å². The number of Topliss-reactive ketones (excluding diaryl/α,β-unsaturated/α-hetero) is 1. The Kier molecular flexibility index (Phi) is 21.3. The molecular formula is C61H72N3O12S3Y-. The fraction of sp³-hybridized carbons (Fsp3) is 0.443. The number of para-hydroxylation sites is 2. The molecule has 5 aromatic rings. The first-order valence-corrected chi connectivity index (χ1v) is 31.0. The van der Waals surface area contributed by atoms with E-state index < -0.39 is 25.9 Å². The molecule has 0 bridgehead atoms. The van der Waals surface area contributed by atoms with Crippen molar-refractivity contribution in [2.45, 2.75) is 108 Å². The number of nitrogens with zero attached hydrogens (tertiary/aromatic N) is 3. The van der Waals surface area contributed by atoms with E-state index in [-0.39, 0.29) is 82.7 Å². The van der Waals surface area contributed by atoms with Crippen LogP contribution >= 0.6 is 21.6 Å². The van der Waals surface area contributed by atoms with E-state index in [1.807, 2.05) is 71.3 Å². The van der Waals surface area contributed by atoms with Crippen LogP contribution in [0.2, 0.25) is 0 Å². The molecule has 4 heterocycles. The minimum atomic E-state index is -4.54. The molecule has 1 N–H and O–H groups in total. The van der Waals surface area contributed by atoms with Crippen LogP contribution in [-0.2, 0) is 101 Å². The zero-order valence-corrected chi connectivity index (χ0v) is 51.9. The first-order valence-electron chi connectivity index (χ1n) is 27.1. The van der Waals surface area contributed by atoms with E-state index in [2.05, 4.69) is 55.5 Å². The molecule has 0 aromatic heterocycles. The maximum Gasteiger partial charge on any atom is 0.275 e. The van der Waals surface area contributed by atoms with Gasteiger partial charge >= 0.3 is 0 Å². The van der Waals surface area contributed by atoms with Crippen molar-refractivity contribution in [2.24, 2.45) is 0 Å². The van der Waals surface area contributed by atoms with Gasteiger partial charge in [0.15, 0.2) is 17.3 Å². The van der Waals surface area contributed by atoms with Crippen molar-refractivity contribution in [1.82, 2.24) is 0 Å². The molecule has 0 spiro atoms. The normalized spacial score (nSPS) is 16.7. The summed E-state index contributed by atoms with van der Waals surface area (Å²) < 4.78 is 70.0. The van der Waals surface area contributed by atoms with Crippen molar-refractivity contribution in [3.8, 4) is 17.2 Å². The molecule has 3 atom stereocenters. The molecule has 0 aliphatic carbocycles. The number of ether oxygens (including phenoxy) is 6. The van der Waals surface area contributed by atoms with Crippen LogP contribution in [0.15, 0.2) is 91.0 Å². The van der Waals surface area contributed by atoms with Crippen molar-refractivity contribution in [3.05, 3.63) is 147 Å². The van der Waals surface area contributed by atoms with E-state index >= 15 is 0 Å². The minimum Gasteiger partial charge on any atom is -0.493 e. The molecule has 4 aliphatic heterocycles. The largest absolute Gasteiger partial charge is 0.493 e. The van der Waals surface area contributed by atoms with Crippen molar-refractivity contribution in [1.29, 1.82) is 0 Å². The van der Waals surface area contributed by atoms with Gasteiger partial charge in [0, 0.05) is 104 Å². The molecule has 2 amide bonds. The summed E-state index contributed by atoms with van der Waals surface area (Å²) in [6, 6.07) is 30.3. The topological polar surface area (TPSA) is 171 Å². The molecule has 0 saturated heterocycles. The first-order chi connectivity index (χ1) is 38.0. The Morgan fingerprint density at radius 1 is 0.787 bits per heavy atom. The molecule has 4 aliphatic rings. The van der Waals surface area contributed by atoms with E-state index in [0.29, 0.717) is 86.7 Å². The standard InChI is InChI=1S/C61H72N3O12S3.Y/c1-7-54(65)58(79(68,69)70)20-27-77-78-61(3,4)39-62(21-22-73-25-26-74-24-23-71-5)49-30-41(37-75-55-34-43-16-18-47-32-45-12-8-10-14-52(45)63(47)59(66)50(43)28-40(55)2)29-42(31-49)38-76-57-35-44-17-19-48-33-46-13-9-11-15-53(46)64(48)60(67)51(44)36-56(57)72-6;/h8-15,19,28-31,34-36,47-48,58H,7,16-18,20-27,32-33,37-39H2,1-6H3,(H,68,69,70);/q-1;/t47-,48-,58?;/m1./s1. The minimum absolute atomic E-state index is 0. The van der Waals surface area contributed by atoms with Gasteiger partial charge in [-0.15, -0.1) is 0 Å². The van der Waals surface area contributed by atoms with Crippen LogP contribution in [0.4, 0.5) is 17.1 Å². The summed E-state index contributed by atoms with van der Waals surface area (Å²) in [7, 11) is 1.72. The van der Waals surface area contributed by atoms with Gasteiger partial charge in [-0.2, -0.15) is 14.8 Å². The predicted octanol–water partition coefficient (Wildman–Crippen LogP) is 10.3. The zero-order valence-electron chi connectivity index (χ0n) is 46.6. The van der Waals surface area contributed by atoms with Crippen LogP contribution in [0, 0.1) is 13.3 Å². The average molecular weight is 1220 g/mol. The van der Waals surface area contributed by atoms with Crippen LogP contribution < -0.4 is 28.9 Å². The number of amides is 2. The van der Waals surface area contributed by atoms with Crippen molar-refractivity contribution < 1.29 is 88.5 Å². The van der Waals surface area contributed by atoms with Crippen LogP contribution in [0.5, 0.6) is 17.2 Å². The molecule has 5 aromatic carbocycles. The summed E-state index contributed by atoms with van der Waals surface area (Å²) in [5.74, 6) is 1.43. The fourth-order valence-corrected chi connectivity index (χ4v) is 14.8. The van der Waals surface area contributed by atoms with Crippen molar-refractivity contribution in [3.63, 3.8) is 0 Å². The molecule has 0 saturated carbocycles. The van der Waals surface area contributed by atoms with E-state index in [9.17, 15) is 27.4 Å². The third kappa shape index (κ3) is 14.6. The number of carbonyl (C=O) groups excluding carboxylic acids is 3. The van der Waals surface area contributed by atoms with E-state index in [0.717, 1.165) is 76.1 Å². The maximum absolute atomic E-state index is 14.3. The number of hydrogen-bond acceptors (Lipinski definition) is 14. The van der Waals surface area contributed by atoms with Gasteiger partial charge in [-0.1, -0.05) is 76.5 Å². The van der Waals surface area contributed by atoms with Crippen molar-refractivity contribution in [2.75, 3.05) is 80.8 Å². The Hall–Kier alpha value is -4.50. The average Bonchev–Trinajstić information content (AvgIpc) is 3.93. The molecule has 1 unspecified atom stereocenters. The van der Waals surface area contributed by atoms with Crippen LogP contribution in [0.1, 0.15) is 99.7 Å². The van der Waals surface area contributed by atoms with Gasteiger partial charge in [0.1, 0.15) is 24.2 Å². The summed E-state index contributed by atoms with van der Waals surface area (Å²) in [5, 5.41) is -1.46. The van der Waals surface area contributed by atoms with Gasteiger partial charge in [0.05, 0.1) is 40.1 Å². The van der Waals surface area contributed by atoms with Gasteiger partial charge in [0.25, 0.3) is 21.9 Å². The third-order valence-corrected chi connectivity index (χ3v) is 19.5. The number of hydrogen-bond donors (Lipinski definition) is 1. The molecular weight excluding hydrogens is 1150 g/mol. The maximum atomic E-state index is 14.3. The molecule has 80 heavy (non-hydrogen) atoms. The second-order valence-corrected chi connectivity index (χ2v) is 25.9. The Bertz CT molecular complexity index is 3140. The van der Waals surface area contributed by atoms with E-state index in [4.69, 9.17) is 28.4 Å². The second-order valence-electron chi connectivity index (χ2n) is 21.2. The number of ketones is 1. The Labute approximate surface area is 504 Å². The Morgan fingerprint density at radius 3 is 2.10 bits per heavy atom. The molecule has 1 radical (unpaired) electrons. The number of rotatable bonds is 27. The molecule has 19 heteroatoms. The van der Waals surface area contributed by atoms with Gasteiger partial charge in [-0.3, -0.25) is 18.9 Å². The number of aryl methyl sites for hydroxylation is 2. The second kappa shape index (κ2) is 27.7. The first kappa shape index (κ1) is 61.6. The van der Waals surface area contributed by atoms with E-state index in [1.165, 1.54) is 16.4 Å². The number of anilines is 3. The molecule has 9 rings (SSSR count). The molecule has 15 nitrogen and oxygen atoms in total. The smallest absolute Gasteiger partial charge is 0.275 e. The predicted molar refractivity (Wildman–Crippen MR) is 312 cm³/mol. The number of fused-ring (bicyclic) bond motifs is 8. The van der Waals surface area contributed by atoms with Crippen LogP contribution in [0.25, 0.3) is 0 Å². The summed E-state index contributed by atoms with van der Waals surface area (Å²) >= 11 is 0. The Morgan fingerprint density at radius 2 is 1.41 bits per heavy atom. The molecule has 425 valence electrons. The SMILES string of the molecule is CCC(=O)C(CCSSC(C)(C)CN(CCOCCOCCOC)c1cc(COc2cc3c(cc2C)C(=O)N2c4ccccc4C[C@H]2CC3)cc(COc2cc3c(cc2OC)C(=O)N2c4ccccc4C[C@H]2[CH-]C3)c1)S(=O)(=O)O.[Y]. The summed E-state index contributed by atoms with van der Waals surface area (Å²) in [5.41, 5.74) is 10.9. The monoisotopic (exact) mass is 1220 g/mol. The van der Waals surface area contributed by atoms with Gasteiger partial charge in [0.2, 0.25) is 0 Å². The van der Waals surface area contributed by atoms with Gasteiger partial charge in [-0.25, -0.2) is 0 Å². The zero-order chi connectivity index (χ0) is 55.8. The van der Waals surface area contributed by atoms with Crippen molar-refractivity contribution >= 4 is 66.4 Å². The number of benzene rings is 5. The number of carbonyl (C=O) groups is 3. The Balaban J connectivity index is 0.00000841. The molecule has 0 fully saturated rings.